The first-order valence-corrected chi connectivity index (χ1v) is 12.2. The maximum absolute atomic E-state index is 3.38. The maximum atomic E-state index is 3.38. The van der Waals surface area contributed by atoms with Gasteiger partial charge in [0.15, 0.2) is 0 Å². The highest BCUT2D eigenvalue weighted by Crippen LogP contribution is 2.09. The van der Waals surface area contributed by atoms with Crippen LogP contribution in [0, 0.1) is 0 Å². The molecular weight excluding hydrogens is 361 g/mol. The fourth-order valence-corrected chi connectivity index (χ4v) is 0. The number of rotatable bonds is 0. The number of hydrogen-bond donors (Lipinski definition) is 0. The predicted molar refractivity (Wildman–Crippen MR) is 42.7 cm³/mol. The van der Waals surface area contributed by atoms with Gasteiger partial charge >= 0.3 is 5.76 Å². The van der Waals surface area contributed by atoms with E-state index in [9.17, 15) is 0 Å². The zero-order chi connectivity index (χ0) is 3.58. The molecule has 0 radical (unpaired) electrons. The van der Waals surface area contributed by atoms with Crippen molar-refractivity contribution in [3.05, 3.63) is 0 Å². The lowest BCUT2D eigenvalue weighted by Gasteiger charge is -1.59. The van der Waals surface area contributed by atoms with Gasteiger partial charge in [-0.15, -0.1) is 0 Å². The van der Waals surface area contributed by atoms with E-state index in [4.69, 9.17) is 0 Å². The molecule has 0 spiro atoms. The fourth-order valence-electron chi connectivity index (χ4n) is 0. The Bertz CT molecular complexity index is 10.8. The summed E-state index contributed by atoms with van der Waals surface area (Å²) in [7, 11) is 0. The summed E-state index contributed by atoms with van der Waals surface area (Å²) in [6.45, 7) is 0. The van der Waals surface area contributed by atoms with Crippen LogP contribution in [-0.4, -0.2) is 5.76 Å². The van der Waals surface area contributed by atoms with Crippen LogP contribution in [0.2, 0.25) is 0 Å². The Kier molecular flexibility index (Phi) is 5.91. The Morgan fingerprint density at radius 3 is 1.50 bits per heavy atom. The van der Waals surface area contributed by atoms with E-state index in [1.807, 2.05) is 0 Å². The number of halogens is 3. The predicted octanol–water partition coefficient (Wildman–Crippen LogP) is 2.24. The molecule has 0 saturated carbocycles. The quantitative estimate of drug-likeness (QED) is 0.459. The van der Waals surface area contributed by atoms with Crippen molar-refractivity contribution in [1.29, 1.82) is 0 Å². The number of hydrogen-bond acceptors (Lipinski definition) is 0. The van der Waals surface area contributed by atoms with Crippen molar-refractivity contribution in [1.82, 2.24) is 0 Å². The molecule has 0 bridgehead atoms. The SMILES string of the molecule is [Br][Al]([I])[I]. The van der Waals surface area contributed by atoms with Gasteiger partial charge in [0.1, 0.15) is 0 Å². The van der Waals surface area contributed by atoms with Crippen molar-refractivity contribution in [3.63, 3.8) is 0 Å². The Hall–Kier alpha value is 2.47. The van der Waals surface area contributed by atoms with Crippen molar-refractivity contribution in [3.8, 4) is 0 Å². The van der Waals surface area contributed by atoms with Gasteiger partial charge in [-0.2, -0.15) is 54.6 Å². The average Bonchev–Trinajstić information content (AvgIpc) is 0.811. The normalized spacial score (nSPS) is 6.75. The first kappa shape index (κ1) is 6.47. The molecule has 0 saturated heterocycles. The molecular formula is AlBrI2. The Morgan fingerprint density at radius 1 is 1.50 bits per heavy atom. The van der Waals surface area contributed by atoms with Gasteiger partial charge in [0.05, 0.1) is 0 Å². The third kappa shape index (κ3) is 8.82. The summed E-state index contributed by atoms with van der Waals surface area (Å²) >= 11 is 8.15. The van der Waals surface area contributed by atoms with Gasteiger partial charge < -0.3 is 0 Å². The van der Waals surface area contributed by atoms with Gasteiger partial charge in [0, 0.05) is 0 Å². The molecule has 0 N–H and O–H groups in total. The van der Waals surface area contributed by atoms with Crippen LogP contribution in [0.15, 0.2) is 0 Å². The molecule has 24 valence electrons. The van der Waals surface area contributed by atoms with Gasteiger partial charge in [-0.25, -0.2) is 0 Å². The molecule has 0 unspecified atom stereocenters. The van der Waals surface area contributed by atoms with Crippen LogP contribution in [0.25, 0.3) is 0 Å². The molecule has 4 heavy (non-hydrogen) atoms. The average molecular weight is 361 g/mol. The van der Waals surface area contributed by atoms with Crippen LogP contribution in [-0.2, 0) is 0 Å². The molecule has 0 rings (SSSR count). The van der Waals surface area contributed by atoms with Crippen LogP contribution in [0.4, 0.5) is 0 Å². The van der Waals surface area contributed by atoms with E-state index in [1.54, 1.807) is 0 Å². The molecule has 0 heterocycles. The van der Waals surface area contributed by atoms with Gasteiger partial charge in [-0.1, -0.05) is 0 Å². The van der Waals surface area contributed by atoms with E-state index < -0.39 is 0 Å². The minimum absolute atomic E-state index is 0.386. The van der Waals surface area contributed by atoms with Crippen molar-refractivity contribution in [2.75, 3.05) is 0 Å². The summed E-state index contributed by atoms with van der Waals surface area (Å²) in [5.74, 6) is -0.386. The molecule has 4 heteroatoms. The molecule has 0 aromatic rings. The smallest absolute Gasteiger partial charge is 0.183 e. The van der Waals surface area contributed by atoms with Crippen LogP contribution in [0.1, 0.15) is 0 Å². The first-order valence-electron chi connectivity index (χ1n) is 0.655. The molecule has 0 nitrogen and oxygen atoms in total. The third-order valence-corrected chi connectivity index (χ3v) is 0. The van der Waals surface area contributed by atoms with E-state index in [0.29, 0.717) is 0 Å². The second-order valence-corrected chi connectivity index (χ2v) is 28.4. The summed E-state index contributed by atoms with van der Waals surface area (Å²) in [5, 5.41) is 0. The summed E-state index contributed by atoms with van der Waals surface area (Å²) in [6.07, 6.45) is 0. The van der Waals surface area contributed by atoms with Crippen molar-refractivity contribution in [2.45, 2.75) is 0 Å². The minimum Gasteiger partial charge on any atom is -0.183 e. The maximum Gasteiger partial charge on any atom is 0.530 e. The van der Waals surface area contributed by atoms with E-state index in [1.165, 1.54) is 0 Å². The van der Waals surface area contributed by atoms with Gasteiger partial charge in [-0.3, -0.25) is 0 Å². The lowest BCUT2D eigenvalue weighted by Crippen LogP contribution is -1.60. The van der Waals surface area contributed by atoms with E-state index >= 15 is 0 Å². The van der Waals surface area contributed by atoms with Crippen LogP contribution >= 0.6 is 54.6 Å². The summed E-state index contributed by atoms with van der Waals surface area (Å²) in [5.41, 5.74) is 0. The largest absolute Gasteiger partial charge is 0.530 e. The molecule has 0 aliphatic rings. The Morgan fingerprint density at radius 2 is 1.50 bits per heavy atom. The lowest BCUT2D eigenvalue weighted by atomic mass is 26.9. The molecule has 0 atom stereocenters. The zero-order valence-corrected chi connectivity index (χ0v) is 8.77. The standard InChI is InChI=1S/Al.BrH.2HI/h;3*1H/q+3;;;/p-3. The monoisotopic (exact) mass is 360 g/mol. The first-order chi connectivity index (χ1) is 1.73. The van der Waals surface area contributed by atoms with Crippen molar-refractivity contribution < 1.29 is 0 Å². The minimum atomic E-state index is -0.386. The highest BCUT2D eigenvalue weighted by Gasteiger charge is 1.95. The second-order valence-electron chi connectivity index (χ2n) is 0.247. The Balaban J connectivity index is 2.32. The second kappa shape index (κ2) is 3.66. The van der Waals surface area contributed by atoms with Crippen LogP contribution < -0.4 is 0 Å². The van der Waals surface area contributed by atoms with Crippen LogP contribution in [0.3, 0.4) is 0 Å². The molecule has 0 amide bonds. The molecule has 0 aliphatic heterocycles. The summed E-state index contributed by atoms with van der Waals surface area (Å²) in [4.78, 5) is 0. The fraction of sp³-hybridized carbons (Fsp3) is 0. The molecule has 0 aliphatic carbocycles. The Labute approximate surface area is 59.1 Å². The van der Waals surface area contributed by atoms with Crippen molar-refractivity contribution in [2.24, 2.45) is 0 Å². The summed E-state index contributed by atoms with van der Waals surface area (Å²) < 4.78 is 0. The zero-order valence-electron chi connectivity index (χ0n) is 1.71. The van der Waals surface area contributed by atoms with E-state index in [0.717, 1.165) is 0 Å². The van der Waals surface area contributed by atoms with E-state index in [2.05, 4.69) is 54.6 Å². The third-order valence-electron chi connectivity index (χ3n) is 0. The van der Waals surface area contributed by atoms with Gasteiger partial charge in [0.2, 0.25) is 0 Å². The van der Waals surface area contributed by atoms with Gasteiger partial charge in [-0.05, 0) is 0 Å². The molecule has 0 fully saturated rings. The molecule has 0 aromatic heterocycles. The summed E-state index contributed by atoms with van der Waals surface area (Å²) in [6, 6.07) is 0. The highest BCUT2D eigenvalue weighted by molar-refractivity contribution is 14.3. The highest BCUT2D eigenvalue weighted by atomic mass is 127. The van der Waals surface area contributed by atoms with E-state index in [-0.39, 0.29) is 5.76 Å². The van der Waals surface area contributed by atoms with Crippen molar-refractivity contribution >= 4 is 60.4 Å². The topological polar surface area (TPSA) is 0 Å². The molecule has 0 aromatic carbocycles. The van der Waals surface area contributed by atoms with Gasteiger partial charge in [0.25, 0.3) is 0 Å². The van der Waals surface area contributed by atoms with Crippen LogP contribution in [0.5, 0.6) is 0 Å². The lowest BCUT2D eigenvalue weighted by molar-refractivity contribution is 5.25.